The fraction of sp³-hybridized carbons (Fsp3) is 0. The SMILES string of the molecule is O=C(Nc1ccccc1-c1cccs1)c1cn[nH]n1. The Morgan fingerprint density at radius 3 is 2.84 bits per heavy atom. The molecule has 3 aromatic rings. The summed E-state index contributed by atoms with van der Waals surface area (Å²) in [6.45, 7) is 0. The highest BCUT2D eigenvalue weighted by molar-refractivity contribution is 7.13. The maximum Gasteiger partial charge on any atom is 0.277 e. The summed E-state index contributed by atoms with van der Waals surface area (Å²) in [6.07, 6.45) is 1.39. The van der Waals surface area contributed by atoms with Crippen molar-refractivity contribution in [1.82, 2.24) is 15.4 Å². The number of rotatable bonds is 3. The van der Waals surface area contributed by atoms with E-state index in [9.17, 15) is 4.79 Å². The minimum absolute atomic E-state index is 0.265. The number of anilines is 1. The third-order valence-corrected chi connectivity index (χ3v) is 3.51. The molecule has 0 saturated heterocycles. The van der Waals surface area contributed by atoms with Gasteiger partial charge in [-0.1, -0.05) is 24.3 Å². The molecule has 6 heteroatoms. The fourth-order valence-electron chi connectivity index (χ4n) is 1.74. The largest absolute Gasteiger partial charge is 0.320 e. The molecular formula is C13H10N4OS. The lowest BCUT2D eigenvalue weighted by Gasteiger charge is -2.08. The topological polar surface area (TPSA) is 70.7 Å². The second-order valence-corrected chi connectivity index (χ2v) is 4.78. The number of carbonyl (C=O) groups excluding carboxylic acids is 1. The summed E-state index contributed by atoms with van der Waals surface area (Å²) in [7, 11) is 0. The van der Waals surface area contributed by atoms with E-state index >= 15 is 0 Å². The van der Waals surface area contributed by atoms with Crippen LogP contribution in [0, 0.1) is 0 Å². The molecule has 0 spiro atoms. The molecule has 0 aliphatic rings. The van der Waals surface area contributed by atoms with Gasteiger partial charge in [0, 0.05) is 16.1 Å². The van der Waals surface area contributed by atoms with E-state index in [0.717, 1.165) is 16.1 Å². The number of amides is 1. The highest BCUT2D eigenvalue weighted by atomic mass is 32.1. The molecular weight excluding hydrogens is 260 g/mol. The predicted octanol–water partition coefficient (Wildman–Crippen LogP) is 2.79. The molecule has 0 radical (unpaired) electrons. The molecule has 1 aromatic carbocycles. The van der Waals surface area contributed by atoms with Crippen LogP contribution in [-0.2, 0) is 0 Å². The fourth-order valence-corrected chi connectivity index (χ4v) is 2.50. The van der Waals surface area contributed by atoms with Crippen molar-refractivity contribution in [2.24, 2.45) is 0 Å². The van der Waals surface area contributed by atoms with Gasteiger partial charge in [-0.3, -0.25) is 4.79 Å². The molecule has 2 heterocycles. The Kier molecular flexibility index (Phi) is 3.07. The number of aromatic amines is 1. The number of hydrogen-bond acceptors (Lipinski definition) is 4. The van der Waals surface area contributed by atoms with E-state index < -0.39 is 0 Å². The van der Waals surface area contributed by atoms with Crippen LogP contribution in [0.2, 0.25) is 0 Å². The lowest BCUT2D eigenvalue weighted by atomic mass is 10.1. The second-order valence-electron chi connectivity index (χ2n) is 3.83. The van der Waals surface area contributed by atoms with Crippen molar-refractivity contribution in [3.8, 4) is 10.4 Å². The number of benzene rings is 1. The van der Waals surface area contributed by atoms with Gasteiger partial charge in [0.2, 0.25) is 0 Å². The molecule has 2 N–H and O–H groups in total. The van der Waals surface area contributed by atoms with Crippen molar-refractivity contribution in [2.75, 3.05) is 5.32 Å². The summed E-state index contributed by atoms with van der Waals surface area (Å²) in [5.74, 6) is -0.280. The highest BCUT2D eigenvalue weighted by Crippen LogP contribution is 2.31. The average molecular weight is 270 g/mol. The molecule has 0 fully saturated rings. The summed E-state index contributed by atoms with van der Waals surface area (Å²) < 4.78 is 0. The van der Waals surface area contributed by atoms with E-state index in [4.69, 9.17) is 0 Å². The van der Waals surface area contributed by atoms with Crippen molar-refractivity contribution in [1.29, 1.82) is 0 Å². The first kappa shape index (κ1) is 11.6. The molecule has 0 bridgehead atoms. The smallest absolute Gasteiger partial charge is 0.277 e. The molecule has 1 amide bonds. The van der Waals surface area contributed by atoms with Crippen molar-refractivity contribution in [2.45, 2.75) is 0 Å². The molecule has 2 aromatic heterocycles. The van der Waals surface area contributed by atoms with Crippen LogP contribution < -0.4 is 5.32 Å². The van der Waals surface area contributed by atoms with E-state index in [-0.39, 0.29) is 11.6 Å². The van der Waals surface area contributed by atoms with E-state index in [1.165, 1.54) is 6.20 Å². The normalized spacial score (nSPS) is 10.3. The first-order chi connectivity index (χ1) is 9.34. The minimum Gasteiger partial charge on any atom is -0.320 e. The molecule has 0 aliphatic heterocycles. The van der Waals surface area contributed by atoms with Gasteiger partial charge < -0.3 is 5.32 Å². The molecule has 0 unspecified atom stereocenters. The van der Waals surface area contributed by atoms with Crippen molar-refractivity contribution >= 4 is 22.9 Å². The van der Waals surface area contributed by atoms with Crippen molar-refractivity contribution in [3.05, 3.63) is 53.7 Å². The Balaban J connectivity index is 1.92. The maximum absolute atomic E-state index is 12.0. The number of para-hydroxylation sites is 1. The number of nitrogens with one attached hydrogen (secondary N) is 2. The summed E-state index contributed by atoms with van der Waals surface area (Å²) in [4.78, 5) is 13.1. The lowest BCUT2D eigenvalue weighted by molar-refractivity contribution is 0.102. The van der Waals surface area contributed by atoms with Gasteiger partial charge in [-0.25, -0.2) is 0 Å². The first-order valence-electron chi connectivity index (χ1n) is 5.64. The van der Waals surface area contributed by atoms with E-state index in [1.807, 2.05) is 41.8 Å². The zero-order chi connectivity index (χ0) is 13.1. The number of H-pyrrole nitrogens is 1. The molecule has 0 atom stereocenters. The third kappa shape index (κ3) is 2.38. The number of hydrogen-bond donors (Lipinski definition) is 2. The molecule has 19 heavy (non-hydrogen) atoms. The monoisotopic (exact) mass is 270 g/mol. The summed E-state index contributed by atoms with van der Waals surface area (Å²) >= 11 is 1.63. The predicted molar refractivity (Wildman–Crippen MR) is 74.1 cm³/mol. The van der Waals surface area contributed by atoms with Gasteiger partial charge in [0.15, 0.2) is 5.69 Å². The number of nitrogens with zero attached hydrogens (tertiary/aromatic N) is 2. The quantitative estimate of drug-likeness (QED) is 0.768. The lowest BCUT2D eigenvalue weighted by Crippen LogP contribution is -2.12. The second kappa shape index (κ2) is 5.03. The Hall–Kier alpha value is -2.47. The van der Waals surface area contributed by atoms with Gasteiger partial charge >= 0.3 is 0 Å². The van der Waals surface area contributed by atoms with Crippen LogP contribution in [0.5, 0.6) is 0 Å². The summed E-state index contributed by atoms with van der Waals surface area (Å²) in [5.41, 5.74) is 2.02. The summed E-state index contributed by atoms with van der Waals surface area (Å²) in [5, 5.41) is 14.7. The van der Waals surface area contributed by atoms with Gasteiger partial charge in [-0.15, -0.1) is 11.3 Å². The first-order valence-corrected chi connectivity index (χ1v) is 6.52. The summed E-state index contributed by atoms with van der Waals surface area (Å²) in [6, 6.07) is 11.7. The Labute approximate surface area is 113 Å². The zero-order valence-corrected chi connectivity index (χ0v) is 10.6. The van der Waals surface area contributed by atoms with Crippen LogP contribution in [0.15, 0.2) is 48.0 Å². The van der Waals surface area contributed by atoms with Crippen LogP contribution in [0.25, 0.3) is 10.4 Å². The Morgan fingerprint density at radius 2 is 2.11 bits per heavy atom. The van der Waals surface area contributed by atoms with Crippen molar-refractivity contribution in [3.63, 3.8) is 0 Å². The molecule has 0 aliphatic carbocycles. The van der Waals surface area contributed by atoms with E-state index in [2.05, 4.69) is 20.7 Å². The standard InChI is InChI=1S/C13H10N4OS/c18-13(11-8-14-17-16-11)15-10-5-2-1-4-9(10)12-6-3-7-19-12/h1-8H,(H,15,18)(H,14,16,17). The maximum atomic E-state index is 12.0. The average Bonchev–Trinajstić information content (AvgIpc) is 3.13. The van der Waals surface area contributed by atoms with Crippen LogP contribution in [0.4, 0.5) is 5.69 Å². The van der Waals surface area contributed by atoms with E-state index in [0.29, 0.717) is 0 Å². The van der Waals surface area contributed by atoms with Gasteiger partial charge in [-0.05, 0) is 17.5 Å². The van der Waals surface area contributed by atoms with Crippen LogP contribution >= 0.6 is 11.3 Å². The molecule has 0 saturated carbocycles. The van der Waals surface area contributed by atoms with E-state index in [1.54, 1.807) is 11.3 Å². The minimum atomic E-state index is -0.280. The number of carbonyl (C=O) groups is 1. The Morgan fingerprint density at radius 1 is 1.21 bits per heavy atom. The van der Waals surface area contributed by atoms with Crippen LogP contribution in [0.1, 0.15) is 10.5 Å². The van der Waals surface area contributed by atoms with Gasteiger partial charge in [0.05, 0.1) is 6.20 Å². The van der Waals surface area contributed by atoms with Crippen molar-refractivity contribution < 1.29 is 4.79 Å². The third-order valence-electron chi connectivity index (χ3n) is 2.61. The molecule has 5 nitrogen and oxygen atoms in total. The van der Waals surface area contributed by atoms with Gasteiger partial charge in [0.1, 0.15) is 0 Å². The highest BCUT2D eigenvalue weighted by Gasteiger charge is 2.12. The molecule has 3 rings (SSSR count). The van der Waals surface area contributed by atoms with Crippen LogP contribution in [-0.4, -0.2) is 21.3 Å². The number of aromatic nitrogens is 3. The van der Waals surface area contributed by atoms with Gasteiger partial charge in [0.25, 0.3) is 5.91 Å². The zero-order valence-electron chi connectivity index (χ0n) is 9.83. The molecule has 94 valence electrons. The van der Waals surface area contributed by atoms with Gasteiger partial charge in [-0.2, -0.15) is 15.4 Å². The van der Waals surface area contributed by atoms with Crippen LogP contribution in [0.3, 0.4) is 0 Å². The Bertz CT molecular complexity index is 677. The number of thiophene rings is 1.